The zero-order valence-corrected chi connectivity index (χ0v) is 17.6. The Morgan fingerprint density at radius 1 is 1.04 bits per heavy atom. The number of aromatic nitrogens is 1. The summed E-state index contributed by atoms with van der Waals surface area (Å²) in [6, 6.07) is 4.70. The van der Waals surface area contributed by atoms with E-state index in [-0.39, 0.29) is 36.9 Å². The largest absolute Gasteiger partial charge is 0.434 e. The van der Waals surface area contributed by atoms with Crippen molar-refractivity contribution in [2.75, 3.05) is 13.6 Å². The van der Waals surface area contributed by atoms with Crippen molar-refractivity contribution in [3.05, 3.63) is 51.5 Å². The second-order valence-corrected chi connectivity index (χ2v) is 6.36. The van der Waals surface area contributed by atoms with Crippen molar-refractivity contribution in [2.45, 2.75) is 25.3 Å². The first-order chi connectivity index (χ1) is 12.6. The Morgan fingerprint density at radius 2 is 1.68 bits per heavy atom. The SMILES string of the molecule is CN=C(NCCc1nc(C(F)(F)F)cs1)NCc1ccc(C(F)(F)F)cc1.I. The van der Waals surface area contributed by atoms with Crippen LogP contribution in [-0.4, -0.2) is 24.5 Å². The molecule has 0 saturated carbocycles. The van der Waals surface area contributed by atoms with Crippen LogP contribution >= 0.6 is 35.3 Å². The summed E-state index contributed by atoms with van der Waals surface area (Å²) in [5.74, 6) is 0.377. The summed E-state index contributed by atoms with van der Waals surface area (Å²) < 4.78 is 75.1. The van der Waals surface area contributed by atoms with Crippen molar-refractivity contribution < 1.29 is 26.3 Å². The van der Waals surface area contributed by atoms with E-state index in [1.807, 2.05) is 0 Å². The molecule has 2 N–H and O–H groups in total. The normalized spacial score (nSPS) is 12.5. The summed E-state index contributed by atoms with van der Waals surface area (Å²) >= 11 is 0.926. The number of guanidine groups is 1. The Labute approximate surface area is 178 Å². The van der Waals surface area contributed by atoms with Gasteiger partial charge in [-0.25, -0.2) is 4.98 Å². The van der Waals surface area contributed by atoms with Gasteiger partial charge in [-0.1, -0.05) is 12.1 Å². The Kier molecular flexibility index (Phi) is 8.98. The van der Waals surface area contributed by atoms with E-state index in [9.17, 15) is 26.3 Å². The molecule has 0 fully saturated rings. The van der Waals surface area contributed by atoms with Gasteiger partial charge in [-0.15, -0.1) is 35.3 Å². The fourth-order valence-electron chi connectivity index (χ4n) is 2.06. The maximum Gasteiger partial charge on any atom is 0.434 e. The molecule has 0 amide bonds. The third-order valence-corrected chi connectivity index (χ3v) is 4.35. The number of benzene rings is 1. The van der Waals surface area contributed by atoms with Crippen LogP contribution in [0.4, 0.5) is 26.3 Å². The third-order valence-electron chi connectivity index (χ3n) is 3.44. The summed E-state index contributed by atoms with van der Waals surface area (Å²) in [5, 5.41) is 7.14. The van der Waals surface area contributed by atoms with E-state index in [1.54, 1.807) is 0 Å². The minimum absolute atomic E-state index is 0. The molecule has 12 heteroatoms. The lowest BCUT2D eigenvalue weighted by atomic mass is 10.1. The Bertz CT molecular complexity index is 771. The maximum atomic E-state index is 12.5. The highest BCUT2D eigenvalue weighted by Gasteiger charge is 2.33. The number of hydrogen-bond donors (Lipinski definition) is 2. The zero-order chi connectivity index (χ0) is 20.1. The number of hydrogen-bond acceptors (Lipinski definition) is 3. The molecule has 0 unspecified atom stereocenters. The number of halogens is 7. The first-order valence-corrected chi connectivity index (χ1v) is 8.60. The molecule has 0 spiro atoms. The lowest BCUT2D eigenvalue weighted by Gasteiger charge is -2.12. The van der Waals surface area contributed by atoms with Gasteiger partial charge in [-0.2, -0.15) is 26.3 Å². The molecule has 0 aliphatic carbocycles. The lowest BCUT2D eigenvalue weighted by molar-refractivity contribution is -0.141. The molecule has 0 radical (unpaired) electrons. The number of nitrogens with zero attached hydrogens (tertiary/aromatic N) is 2. The van der Waals surface area contributed by atoms with Gasteiger partial charge >= 0.3 is 12.4 Å². The van der Waals surface area contributed by atoms with Crippen LogP contribution < -0.4 is 10.6 Å². The summed E-state index contributed by atoms with van der Waals surface area (Å²) in [6.07, 6.45) is -8.56. The van der Waals surface area contributed by atoms with Gasteiger partial charge in [-0.3, -0.25) is 4.99 Å². The van der Waals surface area contributed by atoms with Crippen LogP contribution in [0, 0.1) is 0 Å². The van der Waals surface area contributed by atoms with Crippen molar-refractivity contribution in [2.24, 2.45) is 4.99 Å². The summed E-state index contributed by atoms with van der Waals surface area (Å²) in [4.78, 5) is 7.48. The molecule has 4 nitrogen and oxygen atoms in total. The molecular weight excluding hydrogens is 521 g/mol. The molecule has 1 aromatic heterocycles. The first kappa shape index (κ1) is 24.5. The smallest absolute Gasteiger partial charge is 0.356 e. The minimum atomic E-state index is -4.46. The van der Waals surface area contributed by atoms with Crippen molar-refractivity contribution in [3.8, 4) is 0 Å². The average molecular weight is 538 g/mol. The fourth-order valence-corrected chi connectivity index (χ4v) is 2.87. The number of thiazole rings is 1. The topological polar surface area (TPSA) is 49.3 Å². The van der Waals surface area contributed by atoms with Gasteiger partial charge in [0.2, 0.25) is 0 Å². The lowest BCUT2D eigenvalue weighted by Crippen LogP contribution is -2.37. The number of nitrogens with one attached hydrogen (secondary N) is 2. The van der Waals surface area contributed by atoms with Gasteiger partial charge in [0.1, 0.15) is 0 Å². The van der Waals surface area contributed by atoms with Gasteiger partial charge in [-0.05, 0) is 17.7 Å². The summed E-state index contributed by atoms with van der Waals surface area (Å²) in [5.41, 5.74) is -1.01. The Balaban J connectivity index is 0.00000392. The van der Waals surface area contributed by atoms with Crippen LogP contribution in [-0.2, 0) is 25.3 Å². The highest BCUT2D eigenvalue weighted by molar-refractivity contribution is 14.0. The predicted molar refractivity (Wildman–Crippen MR) is 106 cm³/mol. The Morgan fingerprint density at radius 3 is 2.18 bits per heavy atom. The van der Waals surface area contributed by atoms with Crippen LogP contribution in [0.2, 0.25) is 0 Å². The van der Waals surface area contributed by atoms with Crippen LogP contribution in [0.3, 0.4) is 0 Å². The molecule has 0 aliphatic heterocycles. The minimum Gasteiger partial charge on any atom is -0.356 e. The van der Waals surface area contributed by atoms with Crippen molar-refractivity contribution in [1.82, 2.24) is 15.6 Å². The first-order valence-electron chi connectivity index (χ1n) is 7.72. The van der Waals surface area contributed by atoms with E-state index in [0.717, 1.165) is 28.8 Å². The van der Waals surface area contributed by atoms with E-state index in [1.165, 1.54) is 19.2 Å². The fraction of sp³-hybridized carbons (Fsp3) is 0.375. The molecule has 0 bridgehead atoms. The van der Waals surface area contributed by atoms with Crippen molar-refractivity contribution in [1.29, 1.82) is 0 Å². The summed E-state index contributed by atoms with van der Waals surface area (Å²) in [6.45, 7) is 0.546. The van der Waals surface area contributed by atoms with E-state index < -0.39 is 23.6 Å². The standard InChI is InChI=1S/C16H16F6N4S.HI/c1-23-14(24-7-6-13-26-12(9-27-13)16(20,21)22)25-8-10-2-4-11(5-3-10)15(17,18)19;/h2-5,9H,6-8H2,1H3,(H2,23,24,25);1H. The van der Waals surface area contributed by atoms with E-state index in [2.05, 4.69) is 20.6 Å². The highest BCUT2D eigenvalue weighted by Crippen LogP contribution is 2.30. The number of aliphatic imine (C=N–C) groups is 1. The second kappa shape index (κ2) is 10.3. The highest BCUT2D eigenvalue weighted by atomic mass is 127. The van der Waals surface area contributed by atoms with Gasteiger partial charge in [0.25, 0.3) is 0 Å². The van der Waals surface area contributed by atoms with Crippen LogP contribution in [0.25, 0.3) is 0 Å². The molecule has 1 heterocycles. The molecule has 0 aliphatic rings. The van der Waals surface area contributed by atoms with E-state index in [4.69, 9.17) is 0 Å². The zero-order valence-electron chi connectivity index (χ0n) is 14.5. The Hall–Kier alpha value is -1.57. The molecule has 0 atom stereocenters. The number of rotatable bonds is 5. The van der Waals surface area contributed by atoms with Crippen LogP contribution in [0.15, 0.2) is 34.6 Å². The molecule has 1 aromatic carbocycles. The predicted octanol–water partition coefficient (Wildman–Crippen LogP) is 4.71. The second-order valence-electron chi connectivity index (χ2n) is 5.42. The molecule has 2 rings (SSSR count). The van der Waals surface area contributed by atoms with Crippen molar-refractivity contribution >= 4 is 41.3 Å². The van der Waals surface area contributed by atoms with Gasteiger partial charge in [0, 0.05) is 31.9 Å². The molecule has 156 valence electrons. The van der Waals surface area contributed by atoms with E-state index >= 15 is 0 Å². The maximum absolute atomic E-state index is 12.5. The summed E-state index contributed by atoms with van der Waals surface area (Å²) in [7, 11) is 1.51. The van der Waals surface area contributed by atoms with Crippen LogP contribution in [0.1, 0.15) is 21.8 Å². The average Bonchev–Trinajstić information content (AvgIpc) is 3.07. The van der Waals surface area contributed by atoms with Gasteiger partial charge in [0.05, 0.1) is 10.6 Å². The van der Waals surface area contributed by atoms with E-state index in [0.29, 0.717) is 23.1 Å². The quantitative estimate of drug-likeness (QED) is 0.251. The molecular formula is C16H17F6IN4S. The van der Waals surface area contributed by atoms with Crippen LogP contribution in [0.5, 0.6) is 0 Å². The monoisotopic (exact) mass is 538 g/mol. The van der Waals surface area contributed by atoms with Gasteiger partial charge in [0.15, 0.2) is 11.7 Å². The number of alkyl halides is 6. The molecule has 0 saturated heterocycles. The molecule has 28 heavy (non-hydrogen) atoms. The van der Waals surface area contributed by atoms with Gasteiger partial charge < -0.3 is 10.6 Å². The van der Waals surface area contributed by atoms with Crippen molar-refractivity contribution in [3.63, 3.8) is 0 Å². The third kappa shape index (κ3) is 7.45. The molecule has 2 aromatic rings.